The van der Waals surface area contributed by atoms with Crippen LogP contribution in [0.3, 0.4) is 0 Å². The van der Waals surface area contributed by atoms with E-state index in [1.165, 1.54) is 52.2 Å². The first-order valence-electron chi connectivity index (χ1n) is 6.65. The van der Waals surface area contributed by atoms with Gasteiger partial charge in [0.1, 0.15) is 0 Å². The van der Waals surface area contributed by atoms with Crippen LogP contribution >= 0.6 is 0 Å². The molecule has 19 heavy (non-hydrogen) atoms. The van der Waals surface area contributed by atoms with Gasteiger partial charge in [0.15, 0.2) is 0 Å². The van der Waals surface area contributed by atoms with E-state index < -0.39 is 0 Å². The van der Waals surface area contributed by atoms with Gasteiger partial charge in [-0.2, -0.15) is 0 Å². The maximum absolute atomic E-state index is 2.30. The summed E-state index contributed by atoms with van der Waals surface area (Å²) in [6.07, 6.45) is 7.78. The predicted octanol–water partition coefficient (Wildman–Crippen LogP) is 4.65. The first-order chi connectivity index (χ1) is 9.36. The number of hydrogen-bond acceptors (Lipinski definition) is 0. The third-order valence-corrected chi connectivity index (χ3v) is 6.23. The van der Waals surface area contributed by atoms with Gasteiger partial charge in [-0.3, -0.25) is 0 Å². The van der Waals surface area contributed by atoms with Gasteiger partial charge in [0, 0.05) is 0 Å². The molecular formula is C18H13Hf. The molecule has 2 aromatic rings. The third kappa shape index (κ3) is 1.68. The Labute approximate surface area is 128 Å². The summed E-state index contributed by atoms with van der Waals surface area (Å²) in [6, 6.07) is 15.7. The Morgan fingerprint density at radius 2 is 1.68 bits per heavy atom. The summed E-state index contributed by atoms with van der Waals surface area (Å²) in [4.78, 5) is 0. The predicted molar refractivity (Wildman–Crippen MR) is 75.5 cm³/mol. The Bertz CT molecular complexity index is 722. The van der Waals surface area contributed by atoms with E-state index in [0.29, 0.717) is 3.67 Å². The second-order valence-electron chi connectivity index (χ2n) is 5.11. The van der Waals surface area contributed by atoms with Gasteiger partial charge in [0.25, 0.3) is 0 Å². The zero-order valence-corrected chi connectivity index (χ0v) is 14.2. The minimum atomic E-state index is 0.642. The molecule has 4 rings (SSSR count). The molecule has 0 nitrogen and oxygen atoms in total. The van der Waals surface area contributed by atoms with Gasteiger partial charge in [0.2, 0.25) is 0 Å². The standard InChI is InChI=1S/C18H13.Hf/c1-2-7-13(6-1)15-10-5-11-17-16-9-4-3-8-14(16)12-18(15)17;/h1-6,8-12H,7H2;. The first kappa shape index (κ1) is 11.6. The summed E-state index contributed by atoms with van der Waals surface area (Å²) in [6.45, 7) is 0. The molecule has 1 unspecified atom stereocenters. The van der Waals surface area contributed by atoms with Crippen molar-refractivity contribution in [3.05, 3.63) is 77.4 Å². The molecule has 0 fully saturated rings. The number of hydrogen-bond donors (Lipinski definition) is 0. The molecule has 0 amide bonds. The van der Waals surface area contributed by atoms with E-state index in [-0.39, 0.29) is 0 Å². The third-order valence-electron chi connectivity index (χ3n) is 4.07. The van der Waals surface area contributed by atoms with Crippen molar-refractivity contribution in [1.29, 1.82) is 0 Å². The summed E-state index contributed by atoms with van der Waals surface area (Å²) in [5, 5.41) is 0. The second-order valence-corrected chi connectivity index (χ2v) is 7.19. The fourth-order valence-electron chi connectivity index (χ4n) is 3.19. The van der Waals surface area contributed by atoms with Crippen LogP contribution in [-0.2, 0) is 24.4 Å². The van der Waals surface area contributed by atoms with Crippen molar-refractivity contribution in [3.63, 3.8) is 0 Å². The van der Waals surface area contributed by atoms with Crippen molar-refractivity contribution in [2.45, 2.75) is 10.1 Å². The summed E-state index contributed by atoms with van der Waals surface area (Å²) < 4.78 is 0.642. The molecular weight excluding hydrogens is 395 g/mol. The van der Waals surface area contributed by atoms with Gasteiger partial charge in [0.05, 0.1) is 0 Å². The van der Waals surface area contributed by atoms with Crippen LogP contribution in [0.2, 0.25) is 0 Å². The van der Waals surface area contributed by atoms with Crippen LogP contribution in [-0.4, -0.2) is 0 Å². The molecule has 2 aromatic carbocycles. The van der Waals surface area contributed by atoms with Crippen molar-refractivity contribution in [3.8, 4) is 11.1 Å². The number of benzene rings is 2. The summed E-state index contributed by atoms with van der Waals surface area (Å²) in [7, 11) is 0. The Morgan fingerprint density at radius 3 is 2.53 bits per heavy atom. The number of rotatable bonds is 1. The quantitative estimate of drug-likeness (QED) is 0.604. The van der Waals surface area contributed by atoms with Gasteiger partial charge in [-0.25, -0.2) is 0 Å². The Balaban J connectivity index is 1.97. The molecule has 0 aromatic heterocycles. The van der Waals surface area contributed by atoms with Crippen LogP contribution in [0, 0.1) is 0 Å². The Hall–Kier alpha value is -1.21. The molecule has 0 saturated heterocycles. The average molecular weight is 408 g/mol. The number of allylic oxidation sites excluding steroid dienone is 4. The van der Waals surface area contributed by atoms with Crippen molar-refractivity contribution in [2.24, 2.45) is 0 Å². The van der Waals surface area contributed by atoms with E-state index in [0.717, 1.165) is 6.42 Å². The van der Waals surface area contributed by atoms with E-state index in [1.807, 2.05) is 0 Å². The molecule has 0 saturated carbocycles. The molecule has 0 radical (unpaired) electrons. The van der Waals surface area contributed by atoms with Crippen LogP contribution < -0.4 is 0 Å². The molecule has 0 heterocycles. The fraction of sp³-hybridized carbons (Fsp3) is 0.111. The van der Waals surface area contributed by atoms with Crippen LogP contribution in [0.1, 0.15) is 26.8 Å². The van der Waals surface area contributed by atoms with Crippen LogP contribution in [0.5, 0.6) is 0 Å². The molecule has 2 aliphatic carbocycles. The fourth-order valence-corrected chi connectivity index (χ4v) is 5.21. The van der Waals surface area contributed by atoms with Gasteiger partial charge in [-0.15, -0.1) is 0 Å². The topological polar surface area (TPSA) is 0 Å². The molecule has 1 heteroatoms. The summed E-state index contributed by atoms with van der Waals surface area (Å²) >= 11 is 1.18. The van der Waals surface area contributed by atoms with E-state index in [4.69, 9.17) is 0 Å². The molecule has 2 aliphatic rings. The van der Waals surface area contributed by atoms with Crippen molar-refractivity contribution < 1.29 is 24.4 Å². The van der Waals surface area contributed by atoms with Gasteiger partial charge in [-0.1, -0.05) is 0 Å². The van der Waals surface area contributed by atoms with E-state index in [1.54, 1.807) is 5.56 Å². The zero-order valence-electron chi connectivity index (χ0n) is 10.6. The molecule has 0 N–H and O–H groups in total. The zero-order chi connectivity index (χ0) is 12.8. The molecule has 0 bridgehead atoms. The van der Waals surface area contributed by atoms with Gasteiger partial charge >= 0.3 is 129 Å². The minimum absolute atomic E-state index is 0.642. The SMILES string of the molecule is [Hf][CH]1c2ccccc2-c2cccc(C3=CC=CC3)c21. The Kier molecular flexibility index (Phi) is 2.70. The average Bonchev–Trinajstić information content (AvgIpc) is 3.08. The summed E-state index contributed by atoms with van der Waals surface area (Å²) in [5.74, 6) is 0. The van der Waals surface area contributed by atoms with E-state index >= 15 is 0 Å². The van der Waals surface area contributed by atoms with Gasteiger partial charge in [-0.05, 0) is 0 Å². The molecule has 89 valence electrons. The van der Waals surface area contributed by atoms with Crippen LogP contribution in [0.15, 0.2) is 60.7 Å². The van der Waals surface area contributed by atoms with Gasteiger partial charge < -0.3 is 0 Å². The van der Waals surface area contributed by atoms with Crippen LogP contribution in [0.25, 0.3) is 16.7 Å². The van der Waals surface area contributed by atoms with Crippen LogP contribution in [0.4, 0.5) is 0 Å². The van der Waals surface area contributed by atoms with Crippen molar-refractivity contribution in [1.82, 2.24) is 0 Å². The molecule has 1 atom stereocenters. The monoisotopic (exact) mass is 409 g/mol. The maximum atomic E-state index is 2.30. The first-order valence-corrected chi connectivity index (χ1v) is 8.73. The normalized spacial score (nSPS) is 19.1. The van der Waals surface area contributed by atoms with E-state index in [2.05, 4.69) is 60.7 Å². The summed E-state index contributed by atoms with van der Waals surface area (Å²) in [5.41, 5.74) is 8.96. The van der Waals surface area contributed by atoms with E-state index in [9.17, 15) is 0 Å². The Morgan fingerprint density at radius 1 is 0.895 bits per heavy atom. The second kappa shape index (κ2) is 4.42. The molecule has 0 aliphatic heterocycles. The molecule has 0 spiro atoms. The van der Waals surface area contributed by atoms with Crippen molar-refractivity contribution >= 4 is 5.57 Å². The van der Waals surface area contributed by atoms with Crippen molar-refractivity contribution in [2.75, 3.05) is 0 Å². The number of fused-ring (bicyclic) bond motifs is 3.